The molecule has 1 saturated carbocycles. The van der Waals surface area contributed by atoms with Crippen LogP contribution in [0.2, 0.25) is 0 Å². The van der Waals surface area contributed by atoms with Crippen molar-refractivity contribution < 1.29 is 0 Å². The zero-order valence-corrected chi connectivity index (χ0v) is 8.20. The zero-order valence-electron chi connectivity index (χ0n) is 7.38. The van der Waals surface area contributed by atoms with Gasteiger partial charge in [0.15, 0.2) is 0 Å². The molecule has 3 aliphatic rings. The number of nitrogens with zero attached hydrogens (tertiary/aromatic N) is 1. The third kappa shape index (κ3) is 1.19. The van der Waals surface area contributed by atoms with Crippen LogP contribution in [0.5, 0.6) is 0 Å². The van der Waals surface area contributed by atoms with Crippen LogP contribution < -0.4 is 5.32 Å². The summed E-state index contributed by atoms with van der Waals surface area (Å²) in [6.45, 7) is 3.87. The van der Waals surface area contributed by atoms with Gasteiger partial charge in [-0.2, -0.15) is 0 Å². The van der Waals surface area contributed by atoms with Crippen molar-refractivity contribution in [1.29, 1.82) is 0 Å². The molecule has 68 valence electrons. The molecule has 2 nitrogen and oxygen atoms in total. The summed E-state index contributed by atoms with van der Waals surface area (Å²) < 4.78 is 0. The molecule has 3 heteroatoms. The molecule has 0 radical (unpaired) electrons. The summed E-state index contributed by atoms with van der Waals surface area (Å²) in [5.74, 6) is 1.32. The summed E-state index contributed by atoms with van der Waals surface area (Å²) in [4.78, 5) is 3.16. The van der Waals surface area contributed by atoms with Crippen LogP contribution in [0, 0.1) is 0 Å². The van der Waals surface area contributed by atoms with Gasteiger partial charge in [0.2, 0.25) is 0 Å². The van der Waals surface area contributed by atoms with Gasteiger partial charge in [0.25, 0.3) is 0 Å². The van der Waals surface area contributed by atoms with Crippen LogP contribution in [0.25, 0.3) is 0 Å². The average molecular weight is 184 g/mol. The van der Waals surface area contributed by atoms with E-state index in [1.54, 1.807) is 0 Å². The molecule has 0 amide bonds. The fourth-order valence-electron chi connectivity index (χ4n) is 2.40. The van der Waals surface area contributed by atoms with Crippen molar-refractivity contribution in [3.63, 3.8) is 0 Å². The Hall–Kier alpha value is 0.270. The molecule has 3 rings (SSSR count). The highest BCUT2D eigenvalue weighted by molar-refractivity contribution is 8.00. The van der Waals surface area contributed by atoms with Crippen molar-refractivity contribution in [2.75, 3.05) is 25.4 Å². The Labute approximate surface area is 78.1 Å². The van der Waals surface area contributed by atoms with Gasteiger partial charge in [-0.25, -0.2) is 0 Å². The van der Waals surface area contributed by atoms with Crippen molar-refractivity contribution in [3.8, 4) is 0 Å². The maximum atomic E-state index is 3.67. The van der Waals surface area contributed by atoms with Gasteiger partial charge in [0.05, 0.1) is 4.87 Å². The molecule has 2 saturated heterocycles. The quantitative estimate of drug-likeness (QED) is 0.651. The largest absolute Gasteiger partial charge is 0.301 e. The molecule has 1 spiro atoms. The molecule has 2 heterocycles. The molecule has 0 aromatic rings. The van der Waals surface area contributed by atoms with E-state index < -0.39 is 0 Å². The summed E-state index contributed by atoms with van der Waals surface area (Å²) in [7, 11) is 0. The van der Waals surface area contributed by atoms with Crippen molar-refractivity contribution in [1.82, 2.24) is 10.2 Å². The minimum absolute atomic E-state index is 0.475. The Balaban J connectivity index is 1.68. The van der Waals surface area contributed by atoms with Crippen LogP contribution in [0.15, 0.2) is 0 Å². The SMILES string of the molecule is C1CSC2(CCN(C3CC3)C2)N1. The van der Waals surface area contributed by atoms with Crippen LogP contribution in [-0.4, -0.2) is 41.2 Å². The van der Waals surface area contributed by atoms with Crippen LogP contribution in [0.3, 0.4) is 0 Å². The van der Waals surface area contributed by atoms with Gasteiger partial charge in [-0.15, -0.1) is 11.8 Å². The van der Waals surface area contributed by atoms with E-state index in [-0.39, 0.29) is 0 Å². The van der Waals surface area contributed by atoms with E-state index >= 15 is 0 Å². The molecule has 1 N–H and O–H groups in total. The molecule has 2 aliphatic heterocycles. The third-order valence-corrected chi connectivity index (χ3v) is 4.69. The Bertz CT molecular complexity index is 185. The third-order valence-electron chi connectivity index (χ3n) is 3.25. The van der Waals surface area contributed by atoms with Crippen molar-refractivity contribution >= 4 is 11.8 Å². The summed E-state index contributed by atoms with van der Waals surface area (Å²) in [5.41, 5.74) is 0. The Morgan fingerprint density at radius 1 is 1.42 bits per heavy atom. The van der Waals surface area contributed by atoms with Gasteiger partial charge in [-0.3, -0.25) is 4.90 Å². The topological polar surface area (TPSA) is 15.3 Å². The summed E-state index contributed by atoms with van der Waals surface area (Å²) >= 11 is 2.15. The van der Waals surface area contributed by atoms with Crippen LogP contribution >= 0.6 is 11.8 Å². The first-order valence-electron chi connectivity index (χ1n) is 5.01. The highest BCUT2D eigenvalue weighted by Crippen LogP contribution is 2.40. The Morgan fingerprint density at radius 2 is 2.33 bits per heavy atom. The average Bonchev–Trinajstić information content (AvgIpc) is 2.72. The van der Waals surface area contributed by atoms with Crippen molar-refractivity contribution in [3.05, 3.63) is 0 Å². The first-order chi connectivity index (χ1) is 5.88. The standard InChI is InChI=1S/C9H16N2S/c1-2-8(1)11-5-3-9(7-11)10-4-6-12-9/h8,10H,1-7H2. The molecule has 12 heavy (non-hydrogen) atoms. The molecule has 1 aliphatic carbocycles. The van der Waals surface area contributed by atoms with E-state index in [2.05, 4.69) is 22.0 Å². The summed E-state index contributed by atoms with van der Waals surface area (Å²) in [6, 6.07) is 0.965. The van der Waals surface area contributed by atoms with Crippen molar-refractivity contribution in [2.45, 2.75) is 30.2 Å². The number of likely N-dealkylation sites (tertiary alicyclic amines) is 1. The predicted molar refractivity (Wildman–Crippen MR) is 52.4 cm³/mol. The van der Waals surface area contributed by atoms with E-state index in [1.165, 1.54) is 44.6 Å². The molecule has 1 unspecified atom stereocenters. The summed E-state index contributed by atoms with van der Waals surface area (Å²) in [5, 5.41) is 3.67. The molecule has 0 bridgehead atoms. The predicted octanol–water partition coefficient (Wildman–Crippen LogP) is 0.887. The normalized spacial score (nSPS) is 43.0. The van der Waals surface area contributed by atoms with Gasteiger partial charge in [0, 0.05) is 31.4 Å². The first-order valence-corrected chi connectivity index (χ1v) is 6.00. The Morgan fingerprint density at radius 3 is 3.00 bits per heavy atom. The molecular formula is C9H16N2S. The van der Waals surface area contributed by atoms with Gasteiger partial charge in [-0.05, 0) is 19.3 Å². The number of rotatable bonds is 1. The highest BCUT2D eigenvalue weighted by atomic mass is 32.2. The lowest BCUT2D eigenvalue weighted by molar-refractivity contribution is 0.314. The van der Waals surface area contributed by atoms with Crippen LogP contribution in [0.1, 0.15) is 19.3 Å². The van der Waals surface area contributed by atoms with E-state index in [0.29, 0.717) is 4.87 Å². The zero-order chi connectivity index (χ0) is 8.02. The Kier molecular flexibility index (Phi) is 1.68. The molecule has 3 fully saturated rings. The second-order valence-electron chi connectivity index (χ2n) is 4.22. The minimum atomic E-state index is 0.475. The van der Waals surface area contributed by atoms with E-state index in [0.717, 1.165) is 6.04 Å². The van der Waals surface area contributed by atoms with E-state index in [4.69, 9.17) is 0 Å². The van der Waals surface area contributed by atoms with Crippen LogP contribution in [0.4, 0.5) is 0 Å². The highest BCUT2D eigenvalue weighted by Gasteiger charge is 2.44. The smallest absolute Gasteiger partial charge is 0.0786 e. The fraction of sp³-hybridized carbons (Fsp3) is 1.00. The summed E-state index contributed by atoms with van der Waals surface area (Å²) in [6.07, 6.45) is 4.29. The molecule has 0 aromatic heterocycles. The number of hydrogen-bond donors (Lipinski definition) is 1. The van der Waals surface area contributed by atoms with E-state index in [9.17, 15) is 0 Å². The number of thioether (sulfide) groups is 1. The molecule has 1 atom stereocenters. The molecular weight excluding hydrogens is 168 g/mol. The number of hydrogen-bond acceptors (Lipinski definition) is 3. The number of nitrogens with one attached hydrogen (secondary N) is 1. The first kappa shape index (κ1) is 7.65. The van der Waals surface area contributed by atoms with Gasteiger partial charge < -0.3 is 5.32 Å². The van der Waals surface area contributed by atoms with Gasteiger partial charge >= 0.3 is 0 Å². The van der Waals surface area contributed by atoms with Crippen LogP contribution in [-0.2, 0) is 0 Å². The second kappa shape index (κ2) is 2.63. The van der Waals surface area contributed by atoms with Gasteiger partial charge in [0.1, 0.15) is 0 Å². The lowest BCUT2D eigenvalue weighted by Gasteiger charge is -2.23. The molecule has 0 aromatic carbocycles. The second-order valence-corrected chi connectivity index (χ2v) is 5.70. The van der Waals surface area contributed by atoms with Crippen molar-refractivity contribution in [2.24, 2.45) is 0 Å². The minimum Gasteiger partial charge on any atom is -0.301 e. The fourth-order valence-corrected chi connectivity index (χ4v) is 3.69. The maximum Gasteiger partial charge on any atom is 0.0786 e. The van der Waals surface area contributed by atoms with E-state index in [1.807, 2.05) is 0 Å². The monoisotopic (exact) mass is 184 g/mol. The lowest BCUT2D eigenvalue weighted by atomic mass is 10.2. The van der Waals surface area contributed by atoms with Gasteiger partial charge in [-0.1, -0.05) is 0 Å². The lowest BCUT2D eigenvalue weighted by Crippen LogP contribution is -2.40. The maximum absolute atomic E-state index is 3.67.